The van der Waals surface area contributed by atoms with Gasteiger partial charge < -0.3 is 5.11 Å². The van der Waals surface area contributed by atoms with Gasteiger partial charge >= 0.3 is 0 Å². The van der Waals surface area contributed by atoms with Crippen LogP contribution in [0, 0.1) is 10.8 Å². The Balaban J connectivity index is 2.43. The standard InChI is InChI=1S/C12H18O2/c1-11(2)5-9(14)7-12(3)6-8(13)4-10(11)12/h4,9,14H,5-7H2,1-3H3. The first-order valence-electron chi connectivity index (χ1n) is 5.27. The van der Waals surface area contributed by atoms with Gasteiger partial charge in [-0.3, -0.25) is 4.79 Å². The van der Waals surface area contributed by atoms with E-state index < -0.39 is 0 Å². The van der Waals surface area contributed by atoms with Crippen LogP contribution in [0.4, 0.5) is 0 Å². The Morgan fingerprint density at radius 1 is 1.36 bits per heavy atom. The summed E-state index contributed by atoms with van der Waals surface area (Å²) in [6.07, 6.45) is 3.67. The van der Waals surface area contributed by atoms with Gasteiger partial charge in [0.25, 0.3) is 0 Å². The van der Waals surface area contributed by atoms with Crippen LogP contribution >= 0.6 is 0 Å². The van der Waals surface area contributed by atoms with Gasteiger partial charge in [-0.25, -0.2) is 0 Å². The lowest BCUT2D eigenvalue weighted by Crippen LogP contribution is -2.39. The smallest absolute Gasteiger partial charge is 0.156 e. The van der Waals surface area contributed by atoms with Gasteiger partial charge in [0, 0.05) is 6.42 Å². The second-order valence-electron chi connectivity index (χ2n) is 5.71. The molecule has 0 heterocycles. The molecule has 0 aromatic heterocycles. The van der Waals surface area contributed by atoms with E-state index in [0.717, 1.165) is 12.8 Å². The molecule has 1 N–H and O–H groups in total. The van der Waals surface area contributed by atoms with Gasteiger partial charge in [0.15, 0.2) is 5.78 Å². The Morgan fingerprint density at radius 3 is 2.64 bits per heavy atom. The largest absolute Gasteiger partial charge is 0.393 e. The van der Waals surface area contributed by atoms with Crippen LogP contribution in [0.5, 0.6) is 0 Å². The van der Waals surface area contributed by atoms with Crippen LogP contribution in [0.3, 0.4) is 0 Å². The first kappa shape index (κ1) is 9.91. The molecule has 1 saturated carbocycles. The number of aliphatic hydroxyl groups is 1. The molecule has 0 aromatic carbocycles. The van der Waals surface area contributed by atoms with Crippen molar-refractivity contribution in [1.82, 2.24) is 0 Å². The van der Waals surface area contributed by atoms with Gasteiger partial charge in [-0.15, -0.1) is 0 Å². The molecule has 2 unspecified atom stereocenters. The molecule has 2 rings (SSSR count). The zero-order chi connectivity index (χ0) is 10.6. The Morgan fingerprint density at radius 2 is 2.00 bits per heavy atom. The number of hydrogen-bond acceptors (Lipinski definition) is 2. The molecule has 2 heteroatoms. The molecule has 0 saturated heterocycles. The lowest BCUT2D eigenvalue weighted by Gasteiger charge is -2.45. The second kappa shape index (κ2) is 2.69. The van der Waals surface area contributed by atoms with Crippen LogP contribution < -0.4 is 0 Å². The molecule has 0 aliphatic heterocycles. The minimum atomic E-state index is -0.252. The highest BCUT2D eigenvalue weighted by molar-refractivity contribution is 5.94. The van der Waals surface area contributed by atoms with E-state index in [9.17, 15) is 9.90 Å². The summed E-state index contributed by atoms with van der Waals surface area (Å²) in [7, 11) is 0. The topological polar surface area (TPSA) is 37.3 Å². The van der Waals surface area contributed by atoms with Gasteiger partial charge in [0.2, 0.25) is 0 Å². The van der Waals surface area contributed by atoms with Crippen molar-refractivity contribution in [3.63, 3.8) is 0 Å². The number of carbonyl (C=O) groups excluding carboxylic acids is 1. The van der Waals surface area contributed by atoms with Crippen LogP contribution in [-0.2, 0) is 4.79 Å². The Hall–Kier alpha value is -0.630. The van der Waals surface area contributed by atoms with Crippen LogP contribution in [0.1, 0.15) is 40.0 Å². The van der Waals surface area contributed by atoms with Gasteiger partial charge in [-0.1, -0.05) is 26.3 Å². The minimum Gasteiger partial charge on any atom is -0.393 e. The number of carbonyl (C=O) groups is 1. The fraction of sp³-hybridized carbons (Fsp3) is 0.750. The Bertz CT molecular complexity index is 314. The van der Waals surface area contributed by atoms with Crippen LogP contribution in [0.25, 0.3) is 0 Å². The summed E-state index contributed by atoms with van der Waals surface area (Å²) in [5, 5.41) is 9.80. The Kier molecular flexibility index (Phi) is 1.91. The molecule has 0 bridgehead atoms. The highest BCUT2D eigenvalue weighted by Crippen LogP contribution is 2.55. The van der Waals surface area contributed by atoms with E-state index in [0.29, 0.717) is 6.42 Å². The Labute approximate surface area is 85.0 Å². The number of hydrogen-bond donors (Lipinski definition) is 1. The van der Waals surface area contributed by atoms with E-state index >= 15 is 0 Å². The number of fused-ring (bicyclic) bond motifs is 1. The summed E-state index contributed by atoms with van der Waals surface area (Å²) in [6.45, 7) is 6.35. The summed E-state index contributed by atoms with van der Waals surface area (Å²) < 4.78 is 0. The number of aliphatic hydroxyl groups excluding tert-OH is 1. The van der Waals surface area contributed by atoms with Crippen molar-refractivity contribution in [3.05, 3.63) is 11.6 Å². The fourth-order valence-corrected chi connectivity index (χ4v) is 3.35. The molecule has 2 nitrogen and oxygen atoms in total. The third-order valence-electron chi connectivity index (χ3n) is 3.68. The maximum absolute atomic E-state index is 11.5. The number of rotatable bonds is 0. The summed E-state index contributed by atoms with van der Waals surface area (Å²) in [5.74, 6) is 0.227. The second-order valence-corrected chi connectivity index (χ2v) is 5.71. The van der Waals surface area contributed by atoms with Crippen LogP contribution in [0.15, 0.2) is 11.6 Å². The van der Waals surface area contributed by atoms with E-state index in [4.69, 9.17) is 0 Å². The van der Waals surface area contributed by atoms with Crippen molar-refractivity contribution in [3.8, 4) is 0 Å². The molecule has 2 aliphatic rings. The molecule has 1 fully saturated rings. The van der Waals surface area contributed by atoms with Crippen molar-refractivity contribution in [2.75, 3.05) is 0 Å². The summed E-state index contributed by atoms with van der Waals surface area (Å²) >= 11 is 0. The zero-order valence-electron chi connectivity index (χ0n) is 9.13. The number of allylic oxidation sites excluding steroid dienone is 2. The predicted molar refractivity (Wildman–Crippen MR) is 54.8 cm³/mol. The van der Waals surface area contributed by atoms with Crippen molar-refractivity contribution in [2.45, 2.75) is 46.1 Å². The van der Waals surface area contributed by atoms with Gasteiger partial charge in [0.05, 0.1) is 6.10 Å². The average molecular weight is 194 g/mol. The van der Waals surface area contributed by atoms with Gasteiger partial charge in [0.1, 0.15) is 0 Å². The average Bonchev–Trinajstić information content (AvgIpc) is 2.22. The molecule has 0 amide bonds. The third-order valence-corrected chi connectivity index (χ3v) is 3.68. The molecule has 0 radical (unpaired) electrons. The summed E-state index contributed by atoms with van der Waals surface area (Å²) in [5.41, 5.74) is 1.16. The van der Waals surface area contributed by atoms with Gasteiger partial charge in [-0.05, 0) is 29.7 Å². The van der Waals surface area contributed by atoms with E-state index in [2.05, 4.69) is 20.8 Å². The van der Waals surface area contributed by atoms with Crippen molar-refractivity contribution in [1.29, 1.82) is 0 Å². The lowest BCUT2D eigenvalue weighted by atomic mass is 9.61. The first-order chi connectivity index (χ1) is 6.33. The number of ketones is 1. The summed E-state index contributed by atoms with van der Waals surface area (Å²) in [6, 6.07) is 0. The van der Waals surface area contributed by atoms with E-state index in [1.54, 1.807) is 0 Å². The van der Waals surface area contributed by atoms with E-state index in [-0.39, 0.29) is 22.7 Å². The molecule has 2 aliphatic carbocycles. The zero-order valence-corrected chi connectivity index (χ0v) is 9.13. The summed E-state index contributed by atoms with van der Waals surface area (Å²) in [4.78, 5) is 11.5. The first-order valence-corrected chi connectivity index (χ1v) is 5.27. The molecule has 0 aromatic rings. The quantitative estimate of drug-likeness (QED) is 0.641. The molecular formula is C12H18O2. The molecule has 78 valence electrons. The van der Waals surface area contributed by atoms with Gasteiger partial charge in [-0.2, -0.15) is 0 Å². The molecule has 0 spiro atoms. The van der Waals surface area contributed by atoms with Crippen molar-refractivity contribution >= 4 is 5.78 Å². The predicted octanol–water partition coefficient (Wildman–Crippen LogP) is 2.07. The maximum Gasteiger partial charge on any atom is 0.156 e. The minimum absolute atomic E-state index is 0.0153. The highest BCUT2D eigenvalue weighted by Gasteiger charge is 2.48. The molecular weight excluding hydrogens is 176 g/mol. The van der Waals surface area contributed by atoms with Crippen molar-refractivity contribution in [2.24, 2.45) is 10.8 Å². The van der Waals surface area contributed by atoms with E-state index in [1.165, 1.54) is 5.57 Å². The monoisotopic (exact) mass is 194 g/mol. The van der Waals surface area contributed by atoms with Crippen molar-refractivity contribution < 1.29 is 9.90 Å². The SMILES string of the molecule is CC1(C)CC(O)CC2(C)CC(=O)C=C12. The normalized spacial score (nSPS) is 40.7. The van der Waals surface area contributed by atoms with Crippen LogP contribution in [-0.4, -0.2) is 17.0 Å². The maximum atomic E-state index is 11.5. The lowest BCUT2D eigenvalue weighted by molar-refractivity contribution is -0.115. The third kappa shape index (κ3) is 1.33. The van der Waals surface area contributed by atoms with Crippen LogP contribution in [0.2, 0.25) is 0 Å². The fourth-order valence-electron chi connectivity index (χ4n) is 3.35. The highest BCUT2D eigenvalue weighted by atomic mass is 16.3. The molecule has 14 heavy (non-hydrogen) atoms. The van der Waals surface area contributed by atoms with E-state index in [1.807, 2.05) is 6.08 Å². The molecule has 2 atom stereocenters.